The van der Waals surface area contributed by atoms with Gasteiger partial charge in [0.25, 0.3) is 0 Å². The molecule has 2 heteroatoms. The van der Waals surface area contributed by atoms with Gasteiger partial charge in [-0.2, -0.15) is 0 Å². The van der Waals surface area contributed by atoms with Crippen molar-refractivity contribution in [1.29, 1.82) is 0 Å². The highest BCUT2D eigenvalue weighted by atomic mass is 16.3. The molecule has 0 aliphatic heterocycles. The first kappa shape index (κ1) is 20.9. The summed E-state index contributed by atoms with van der Waals surface area (Å²) in [6.07, 6.45) is 4.23. The SMILES string of the molecule is Cc1ccc2cc(C3=Cc4ccnc(-c5cc(C(C)C)c6ccccc6c5)c4C3(C)C)oc2c1. The number of nitrogens with zero attached hydrogens (tertiary/aromatic N) is 1. The zero-order valence-electron chi connectivity index (χ0n) is 20.4. The van der Waals surface area contributed by atoms with Crippen molar-refractivity contribution >= 4 is 33.4 Å². The molecular weight excluding hydrogens is 414 g/mol. The molecule has 1 aliphatic carbocycles. The number of benzene rings is 3. The van der Waals surface area contributed by atoms with E-state index >= 15 is 0 Å². The highest BCUT2D eigenvalue weighted by Crippen LogP contribution is 2.50. The lowest BCUT2D eigenvalue weighted by atomic mass is 9.78. The molecular formula is C32H29NO. The van der Waals surface area contributed by atoms with E-state index in [0.717, 1.165) is 22.4 Å². The van der Waals surface area contributed by atoms with Gasteiger partial charge in [-0.15, -0.1) is 0 Å². The molecule has 2 heterocycles. The van der Waals surface area contributed by atoms with Gasteiger partial charge in [0.15, 0.2) is 0 Å². The fraction of sp³-hybridized carbons (Fsp3) is 0.219. The summed E-state index contributed by atoms with van der Waals surface area (Å²) in [5, 5.41) is 3.73. The molecule has 0 fully saturated rings. The predicted octanol–water partition coefficient (Wildman–Crippen LogP) is 8.91. The first-order valence-corrected chi connectivity index (χ1v) is 12.1. The number of allylic oxidation sites excluding steroid dienone is 1. The number of aromatic nitrogens is 1. The van der Waals surface area contributed by atoms with Crippen LogP contribution in [0.5, 0.6) is 0 Å². The molecule has 0 spiro atoms. The van der Waals surface area contributed by atoms with Gasteiger partial charge in [-0.25, -0.2) is 0 Å². The summed E-state index contributed by atoms with van der Waals surface area (Å²) in [7, 11) is 0. The zero-order valence-corrected chi connectivity index (χ0v) is 20.4. The van der Waals surface area contributed by atoms with Gasteiger partial charge >= 0.3 is 0 Å². The first-order valence-electron chi connectivity index (χ1n) is 12.1. The lowest BCUT2D eigenvalue weighted by Gasteiger charge is -2.26. The van der Waals surface area contributed by atoms with Crippen LogP contribution in [0.1, 0.15) is 61.6 Å². The molecule has 2 nitrogen and oxygen atoms in total. The molecule has 0 atom stereocenters. The Morgan fingerprint density at radius 3 is 2.53 bits per heavy atom. The van der Waals surface area contributed by atoms with E-state index in [0.29, 0.717) is 5.92 Å². The van der Waals surface area contributed by atoms with Crippen LogP contribution in [0.25, 0.3) is 44.6 Å². The predicted molar refractivity (Wildman–Crippen MR) is 143 cm³/mol. The van der Waals surface area contributed by atoms with Gasteiger partial charge in [0.2, 0.25) is 0 Å². The number of hydrogen-bond donors (Lipinski definition) is 0. The number of hydrogen-bond acceptors (Lipinski definition) is 2. The van der Waals surface area contributed by atoms with Gasteiger partial charge in [-0.05, 0) is 82.3 Å². The number of rotatable bonds is 3. The van der Waals surface area contributed by atoms with Gasteiger partial charge in [0, 0.05) is 28.1 Å². The van der Waals surface area contributed by atoms with E-state index in [1.807, 2.05) is 6.20 Å². The summed E-state index contributed by atoms with van der Waals surface area (Å²) in [4.78, 5) is 4.94. The van der Waals surface area contributed by atoms with Crippen molar-refractivity contribution in [2.45, 2.75) is 46.0 Å². The molecule has 34 heavy (non-hydrogen) atoms. The summed E-state index contributed by atoms with van der Waals surface area (Å²) in [5.74, 6) is 1.37. The topological polar surface area (TPSA) is 26.0 Å². The lowest BCUT2D eigenvalue weighted by Crippen LogP contribution is -2.18. The monoisotopic (exact) mass is 443 g/mol. The second-order valence-corrected chi connectivity index (χ2v) is 10.4. The summed E-state index contributed by atoms with van der Waals surface area (Å²) < 4.78 is 6.36. The second-order valence-electron chi connectivity index (χ2n) is 10.4. The molecule has 0 saturated carbocycles. The van der Waals surface area contributed by atoms with E-state index in [1.165, 1.54) is 44.2 Å². The smallest absolute Gasteiger partial charge is 0.135 e. The highest BCUT2D eigenvalue weighted by molar-refractivity contribution is 5.98. The average molecular weight is 444 g/mol. The van der Waals surface area contributed by atoms with Gasteiger partial charge in [0.1, 0.15) is 11.3 Å². The minimum absolute atomic E-state index is 0.231. The molecule has 0 bridgehead atoms. The van der Waals surface area contributed by atoms with Crippen molar-refractivity contribution in [1.82, 2.24) is 4.98 Å². The number of aryl methyl sites for hydroxylation is 1. The third kappa shape index (κ3) is 3.13. The van der Waals surface area contributed by atoms with Gasteiger partial charge < -0.3 is 4.42 Å². The number of fused-ring (bicyclic) bond motifs is 3. The van der Waals surface area contributed by atoms with Crippen LogP contribution in [0.2, 0.25) is 0 Å². The standard InChI is InChI=1S/C32H29NO/c1-19(2)26-16-24(15-21-8-6-7-9-25(21)26)31-30-23(12-13-33-31)17-27(32(30,4)5)29-18-22-11-10-20(3)14-28(22)34-29/h6-19H,1-5H3. The van der Waals surface area contributed by atoms with Crippen molar-refractivity contribution < 1.29 is 4.42 Å². The van der Waals surface area contributed by atoms with Crippen LogP contribution in [0, 0.1) is 6.92 Å². The Morgan fingerprint density at radius 2 is 1.71 bits per heavy atom. The van der Waals surface area contributed by atoms with Gasteiger partial charge in [0.05, 0.1) is 5.69 Å². The number of furan rings is 1. The Morgan fingerprint density at radius 1 is 0.882 bits per heavy atom. The minimum atomic E-state index is -0.231. The third-order valence-electron chi connectivity index (χ3n) is 7.31. The van der Waals surface area contributed by atoms with Gasteiger partial charge in [-0.1, -0.05) is 64.1 Å². The van der Waals surface area contributed by atoms with Crippen LogP contribution in [-0.2, 0) is 5.41 Å². The van der Waals surface area contributed by atoms with E-state index in [2.05, 4.69) is 107 Å². The average Bonchev–Trinajstić information content (AvgIpc) is 3.35. The van der Waals surface area contributed by atoms with Crippen LogP contribution < -0.4 is 0 Å². The summed E-state index contributed by atoms with van der Waals surface area (Å²) in [6.45, 7) is 11.2. The Labute approximate surface area is 201 Å². The van der Waals surface area contributed by atoms with Crippen molar-refractivity contribution in [3.63, 3.8) is 0 Å². The molecule has 2 aromatic heterocycles. The lowest BCUT2D eigenvalue weighted by molar-refractivity contribution is 0.577. The van der Waals surface area contributed by atoms with E-state index in [1.54, 1.807) is 0 Å². The maximum atomic E-state index is 6.36. The summed E-state index contributed by atoms with van der Waals surface area (Å²) in [6, 6.07) is 24.0. The maximum absolute atomic E-state index is 6.36. The van der Waals surface area contributed by atoms with Crippen molar-refractivity contribution in [2.75, 3.05) is 0 Å². The largest absolute Gasteiger partial charge is 0.456 e. The molecule has 168 valence electrons. The summed E-state index contributed by atoms with van der Waals surface area (Å²) >= 11 is 0. The van der Waals surface area contributed by atoms with E-state index in [4.69, 9.17) is 9.40 Å². The van der Waals surface area contributed by atoms with Crippen LogP contribution in [0.3, 0.4) is 0 Å². The molecule has 0 saturated heterocycles. The highest BCUT2D eigenvalue weighted by Gasteiger charge is 2.38. The second kappa shape index (κ2) is 7.43. The summed E-state index contributed by atoms with van der Waals surface area (Å²) in [5.41, 5.74) is 9.23. The van der Waals surface area contributed by atoms with Crippen molar-refractivity contribution in [3.8, 4) is 11.3 Å². The Hall–Kier alpha value is -3.65. The van der Waals surface area contributed by atoms with Crippen LogP contribution in [-0.4, -0.2) is 4.98 Å². The van der Waals surface area contributed by atoms with Crippen LogP contribution in [0.15, 0.2) is 77.3 Å². The number of pyridine rings is 1. The van der Waals surface area contributed by atoms with Crippen molar-refractivity contribution in [3.05, 3.63) is 101 Å². The molecule has 3 aromatic carbocycles. The molecule has 0 unspecified atom stereocenters. The Bertz CT molecular complexity index is 1610. The first-order chi connectivity index (χ1) is 16.3. The normalized spacial score (nSPS) is 14.7. The van der Waals surface area contributed by atoms with E-state index in [-0.39, 0.29) is 5.41 Å². The molecule has 1 aliphatic rings. The third-order valence-corrected chi connectivity index (χ3v) is 7.31. The zero-order chi connectivity index (χ0) is 23.6. The molecule has 0 amide bonds. The fourth-order valence-corrected chi connectivity index (χ4v) is 5.55. The van der Waals surface area contributed by atoms with E-state index < -0.39 is 0 Å². The van der Waals surface area contributed by atoms with Crippen LogP contribution >= 0.6 is 0 Å². The van der Waals surface area contributed by atoms with Crippen molar-refractivity contribution in [2.24, 2.45) is 0 Å². The quantitative estimate of drug-likeness (QED) is 0.278. The van der Waals surface area contributed by atoms with E-state index in [9.17, 15) is 0 Å². The minimum Gasteiger partial charge on any atom is -0.456 e. The van der Waals surface area contributed by atoms with Gasteiger partial charge in [-0.3, -0.25) is 4.98 Å². The molecule has 5 aromatic rings. The Balaban J connectivity index is 1.52. The van der Waals surface area contributed by atoms with Crippen LogP contribution in [0.4, 0.5) is 0 Å². The molecule has 0 N–H and O–H groups in total. The fourth-order valence-electron chi connectivity index (χ4n) is 5.55. The maximum Gasteiger partial charge on any atom is 0.135 e. The molecule has 0 radical (unpaired) electrons. The Kier molecular flexibility index (Phi) is 4.57. The molecule has 6 rings (SSSR count).